The van der Waals surface area contributed by atoms with Crippen LogP contribution in [0.25, 0.3) is 10.2 Å². The number of nitrogens with one attached hydrogen (secondary N) is 2. The fourth-order valence-corrected chi connectivity index (χ4v) is 5.18. The zero-order chi connectivity index (χ0) is 18.8. The zero-order valence-corrected chi connectivity index (χ0v) is 16.7. The largest absolute Gasteiger partial charge is 0.338 e. The number of carbonyl (C=O) groups excluding carboxylic acids is 2. The van der Waals surface area contributed by atoms with E-state index >= 15 is 0 Å². The first kappa shape index (κ1) is 18.9. The molecule has 26 heavy (non-hydrogen) atoms. The van der Waals surface area contributed by atoms with Crippen molar-refractivity contribution in [2.24, 2.45) is 7.05 Å². The normalized spacial score (nSPS) is 14.7. The van der Waals surface area contributed by atoms with E-state index in [1.807, 2.05) is 0 Å². The third kappa shape index (κ3) is 3.64. The van der Waals surface area contributed by atoms with Gasteiger partial charge in [-0.1, -0.05) is 11.8 Å². The highest BCUT2D eigenvalue weighted by atomic mass is 32.2. The maximum absolute atomic E-state index is 12.8. The summed E-state index contributed by atoms with van der Waals surface area (Å²) in [6.45, 7) is 3.91. The van der Waals surface area contributed by atoms with Crippen molar-refractivity contribution in [3.63, 3.8) is 0 Å². The van der Waals surface area contributed by atoms with E-state index in [2.05, 4.69) is 15.6 Å². The van der Waals surface area contributed by atoms with E-state index in [4.69, 9.17) is 0 Å². The van der Waals surface area contributed by atoms with Crippen LogP contribution in [-0.2, 0) is 24.7 Å². The summed E-state index contributed by atoms with van der Waals surface area (Å²) in [5, 5.41) is 5.47. The summed E-state index contributed by atoms with van der Waals surface area (Å²) in [7, 11) is 1.68. The summed E-state index contributed by atoms with van der Waals surface area (Å²) in [5.41, 5.74) is 1.09. The van der Waals surface area contributed by atoms with Gasteiger partial charge in [-0.15, -0.1) is 11.3 Å². The molecule has 9 heteroatoms. The fourth-order valence-electron chi connectivity index (χ4n) is 3.00. The lowest BCUT2D eigenvalue weighted by atomic mass is 9.97. The van der Waals surface area contributed by atoms with E-state index < -0.39 is 17.2 Å². The van der Waals surface area contributed by atoms with Crippen molar-refractivity contribution < 1.29 is 9.59 Å². The van der Waals surface area contributed by atoms with Crippen molar-refractivity contribution in [3.8, 4) is 0 Å². The van der Waals surface area contributed by atoms with Crippen molar-refractivity contribution >= 4 is 45.3 Å². The number of hydrogen-bond acceptors (Lipinski definition) is 6. The number of thiophene rings is 1. The number of amides is 3. The number of aryl methyl sites for hydroxylation is 2. The molecule has 2 aromatic heterocycles. The van der Waals surface area contributed by atoms with Gasteiger partial charge in [0.2, 0.25) is 5.91 Å². The van der Waals surface area contributed by atoms with Gasteiger partial charge < -0.3 is 5.32 Å². The molecule has 2 aromatic rings. The summed E-state index contributed by atoms with van der Waals surface area (Å²) in [6.07, 6.45) is 4.20. The molecule has 140 valence electrons. The lowest BCUT2D eigenvalue weighted by Gasteiger charge is -2.13. The maximum Gasteiger partial charge on any atom is 0.321 e. The molecule has 3 rings (SSSR count). The molecule has 0 fully saturated rings. The first-order valence-corrected chi connectivity index (χ1v) is 10.4. The predicted octanol–water partition coefficient (Wildman–Crippen LogP) is 2.20. The SMILES string of the molecule is CCNC(=O)NC(=O)C(C)Sc1nc2sc3c(c2c(=O)n1C)CCCC3. The average Bonchev–Trinajstić information content (AvgIpc) is 2.97. The number of carbonyl (C=O) groups is 2. The van der Waals surface area contributed by atoms with E-state index in [1.165, 1.54) is 21.2 Å². The molecular weight excluding hydrogens is 372 g/mol. The van der Waals surface area contributed by atoms with Gasteiger partial charge >= 0.3 is 6.03 Å². The number of hydrogen-bond donors (Lipinski definition) is 2. The molecule has 1 unspecified atom stereocenters. The van der Waals surface area contributed by atoms with Crippen molar-refractivity contribution in [2.75, 3.05) is 6.54 Å². The minimum atomic E-state index is -0.553. The van der Waals surface area contributed by atoms with Crippen molar-refractivity contribution in [2.45, 2.75) is 49.9 Å². The Bertz CT molecular complexity index is 919. The minimum absolute atomic E-state index is 0.0618. The van der Waals surface area contributed by atoms with Gasteiger partial charge in [-0.05, 0) is 45.1 Å². The Labute approximate surface area is 159 Å². The van der Waals surface area contributed by atoms with Gasteiger partial charge in [0.05, 0.1) is 10.6 Å². The first-order valence-electron chi connectivity index (χ1n) is 8.69. The summed E-state index contributed by atoms with van der Waals surface area (Å²) in [4.78, 5) is 43.1. The monoisotopic (exact) mass is 394 g/mol. The van der Waals surface area contributed by atoms with E-state index in [0.29, 0.717) is 11.7 Å². The molecule has 0 saturated carbocycles. The van der Waals surface area contributed by atoms with Crippen LogP contribution in [0, 0.1) is 0 Å². The Balaban J connectivity index is 1.86. The van der Waals surface area contributed by atoms with Crippen LogP contribution in [0.5, 0.6) is 0 Å². The van der Waals surface area contributed by atoms with Gasteiger partial charge in [0.1, 0.15) is 4.83 Å². The Morgan fingerprint density at radius 1 is 1.35 bits per heavy atom. The predicted molar refractivity (Wildman–Crippen MR) is 104 cm³/mol. The number of urea groups is 1. The molecule has 2 heterocycles. The van der Waals surface area contributed by atoms with Gasteiger partial charge in [0.15, 0.2) is 5.16 Å². The Kier molecular flexibility index (Phi) is 5.67. The molecule has 0 aromatic carbocycles. The highest BCUT2D eigenvalue weighted by Crippen LogP contribution is 2.34. The molecular formula is C17H22N4O3S2. The Morgan fingerprint density at radius 2 is 2.08 bits per heavy atom. The Morgan fingerprint density at radius 3 is 2.81 bits per heavy atom. The van der Waals surface area contributed by atoms with Crippen LogP contribution in [-0.4, -0.2) is 33.3 Å². The lowest BCUT2D eigenvalue weighted by molar-refractivity contribution is -0.119. The third-order valence-corrected chi connectivity index (χ3v) is 6.71. The summed E-state index contributed by atoms with van der Waals surface area (Å²) in [6, 6.07) is -0.520. The van der Waals surface area contributed by atoms with Crippen molar-refractivity contribution in [1.29, 1.82) is 0 Å². The molecule has 0 saturated heterocycles. The van der Waals surface area contributed by atoms with E-state index in [9.17, 15) is 14.4 Å². The smallest absolute Gasteiger partial charge is 0.321 e. The molecule has 0 spiro atoms. The average molecular weight is 395 g/mol. The zero-order valence-electron chi connectivity index (χ0n) is 15.0. The highest BCUT2D eigenvalue weighted by molar-refractivity contribution is 8.00. The van der Waals surface area contributed by atoms with Crippen LogP contribution >= 0.6 is 23.1 Å². The number of aromatic nitrogens is 2. The molecule has 7 nitrogen and oxygen atoms in total. The number of fused-ring (bicyclic) bond motifs is 3. The number of imide groups is 1. The van der Waals surface area contributed by atoms with Gasteiger partial charge in [0.25, 0.3) is 5.56 Å². The fraction of sp³-hybridized carbons (Fsp3) is 0.529. The number of thioether (sulfide) groups is 1. The molecule has 0 aliphatic heterocycles. The second-order valence-corrected chi connectivity index (χ2v) is 8.65. The van der Waals surface area contributed by atoms with Gasteiger partial charge in [-0.25, -0.2) is 9.78 Å². The maximum atomic E-state index is 12.8. The quantitative estimate of drug-likeness (QED) is 0.613. The summed E-state index contributed by atoms with van der Waals surface area (Å²) >= 11 is 2.77. The summed E-state index contributed by atoms with van der Waals surface area (Å²) < 4.78 is 1.50. The Hall–Kier alpha value is -1.87. The van der Waals surface area contributed by atoms with Crippen molar-refractivity contribution in [1.82, 2.24) is 20.2 Å². The highest BCUT2D eigenvalue weighted by Gasteiger charge is 2.23. The topological polar surface area (TPSA) is 93.1 Å². The summed E-state index contributed by atoms with van der Waals surface area (Å²) in [5.74, 6) is -0.416. The van der Waals surface area contributed by atoms with E-state index in [0.717, 1.165) is 41.5 Å². The molecule has 2 N–H and O–H groups in total. The first-order chi connectivity index (χ1) is 12.4. The molecule has 1 aliphatic carbocycles. The second-order valence-electron chi connectivity index (χ2n) is 6.26. The number of rotatable bonds is 4. The standard InChI is InChI=1S/C17H22N4O3S2/c1-4-18-16(24)19-13(22)9(2)25-17-20-14-12(15(23)21(17)3)10-7-5-6-8-11(10)26-14/h9H,4-8H2,1-3H3,(H2,18,19,22,24). The molecule has 0 radical (unpaired) electrons. The van der Waals surface area contributed by atoms with E-state index in [1.54, 1.807) is 32.2 Å². The van der Waals surface area contributed by atoms with Gasteiger partial charge in [0, 0.05) is 18.5 Å². The van der Waals surface area contributed by atoms with Gasteiger partial charge in [-0.3, -0.25) is 19.5 Å². The second kappa shape index (κ2) is 7.79. The molecule has 1 atom stereocenters. The minimum Gasteiger partial charge on any atom is -0.338 e. The molecule has 0 bridgehead atoms. The van der Waals surface area contributed by atoms with Crippen LogP contribution in [0.3, 0.4) is 0 Å². The van der Waals surface area contributed by atoms with Crippen LogP contribution in [0.2, 0.25) is 0 Å². The van der Waals surface area contributed by atoms with Crippen LogP contribution in [0.1, 0.15) is 37.1 Å². The van der Waals surface area contributed by atoms with Crippen LogP contribution in [0.15, 0.2) is 9.95 Å². The van der Waals surface area contributed by atoms with Crippen LogP contribution in [0.4, 0.5) is 4.79 Å². The molecule has 1 aliphatic rings. The third-order valence-electron chi connectivity index (χ3n) is 4.38. The lowest BCUT2D eigenvalue weighted by Crippen LogP contribution is -2.42. The van der Waals surface area contributed by atoms with Crippen molar-refractivity contribution in [3.05, 3.63) is 20.8 Å². The van der Waals surface area contributed by atoms with Crippen LogP contribution < -0.4 is 16.2 Å². The van der Waals surface area contributed by atoms with Gasteiger partial charge in [-0.2, -0.15) is 0 Å². The molecule has 3 amide bonds. The van der Waals surface area contributed by atoms with E-state index in [-0.39, 0.29) is 5.56 Å². The number of nitrogens with zero attached hydrogens (tertiary/aromatic N) is 2.